The maximum atomic E-state index is 12.6. The van der Waals surface area contributed by atoms with E-state index in [4.69, 9.17) is 0 Å². The van der Waals surface area contributed by atoms with Gasteiger partial charge in [0.05, 0.1) is 11.7 Å². The first-order chi connectivity index (χ1) is 10.8. The van der Waals surface area contributed by atoms with Crippen LogP contribution in [0.25, 0.3) is 10.9 Å². The molecule has 0 bridgehead atoms. The van der Waals surface area contributed by atoms with Crippen molar-refractivity contribution in [2.24, 2.45) is 11.8 Å². The monoisotopic (exact) mass is 298 g/mol. The molecule has 2 aromatic rings. The minimum absolute atomic E-state index is 0.196. The molecule has 4 rings (SSSR count). The third-order valence-corrected chi connectivity index (χ3v) is 5.21. The molecule has 116 valence electrons. The van der Waals surface area contributed by atoms with Crippen molar-refractivity contribution in [1.82, 2.24) is 20.0 Å². The number of aromatic nitrogens is 2. The number of carbonyl (C=O) groups excluding carboxylic acids is 1. The molecule has 2 aliphatic heterocycles. The van der Waals surface area contributed by atoms with Gasteiger partial charge < -0.3 is 10.2 Å². The SMILES string of the molecule is O=C(Cn1ncc2ccccc21)N1CC[C@@H]2CNC[C@@H]2CC1. The Morgan fingerprint density at radius 3 is 2.68 bits per heavy atom. The van der Waals surface area contributed by atoms with Crippen LogP contribution in [0.3, 0.4) is 0 Å². The lowest BCUT2D eigenvalue weighted by Crippen LogP contribution is -2.35. The van der Waals surface area contributed by atoms with Gasteiger partial charge in [0.2, 0.25) is 5.91 Å². The van der Waals surface area contributed by atoms with Crippen LogP contribution < -0.4 is 5.32 Å². The minimum Gasteiger partial charge on any atom is -0.341 e. The van der Waals surface area contributed by atoms with E-state index in [1.807, 2.05) is 40.0 Å². The van der Waals surface area contributed by atoms with Crippen molar-refractivity contribution in [3.05, 3.63) is 30.5 Å². The molecule has 0 radical (unpaired) electrons. The summed E-state index contributed by atoms with van der Waals surface area (Å²) in [5.74, 6) is 1.70. The van der Waals surface area contributed by atoms with Gasteiger partial charge in [-0.25, -0.2) is 0 Å². The van der Waals surface area contributed by atoms with E-state index in [0.717, 1.165) is 61.8 Å². The molecule has 5 nitrogen and oxygen atoms in total. The number of rotatable bonds is 2. The van der Waals surface area contributed by atoms with Gasteiger partial charge in [-0.1, -0.05) is 18.2 Å². The molecule has 2 aliphatic rings. The molecular formula is C17H22N4O. The Morgan fingerprint density at radius 1 is 1.18 bits per heavy atom. The second-order valence-corrected chi connectivity index (χ2v) is 6.50. The van der Waals surface area contributed by atoms with Gasteiger partial charge in [-0.3, -0.25) is 9.48 Å². The number of amides is 1. The molecule has 0 aliphatic carbocycles. The Labute approximate surface area is 130 Å². The zero-order valence-corrected chi connectivity index (χ0v) is 12.7. The summed E-state index contributed by atoms with van der Waals surface area (Å²) in [6, 6.07) is 8.04. The zero-order chi connectivity index (χ0) is 14.9. The summed E-state index contributed by atoms with van der Waals surface area (Å²) < 4.78 is 1.82. The standard InChI is InChI=1S/C17H22N4O/c22-17(12-21-16-4-2-1-3-15(16)11-19-21)20-7-5-13-9-18-10-14(13)6-8-20/h1-4,11,13-14,18H,5-10,12H2/t13-,14+. The lowest BCUT2D eigenvalue weighted by molar-refractivity contribution is -0.131. The number of nitrogens with zero attached hydrogens (tertiary/aromatic N) is 3. The quantitative estimate of drug-likeness (QED) is 0.914. The third kappa shape index (κ3) is 2.50. The van der Waals surface area contributed by atoms with Crippen molar-refractivity contribution in [3.63, 3.8) is 0 Å². The van der Waals surface area contributed by atoms with E-state index < -0.39 is 0 Å². The first kappa shape index (κ1) is 13.8. The van der Waals surface area contributed by atoms with E-state index in [2.05, 4.69) is 10.4 Å². The molecule has 1 N–H and O–H groups in total. The molecule has 2 atom stereocenters. The number of para-hydroxylation sites is 1. The molecule has 0 saturated carbocycles. The summed E-state index contributed by atoms with van der Waals surface area (Å²) in [5, 5.41) is 8.93. The van der Waals surface area contributed by atoms with Gasteiger partial charge in [0.25, 0.3) is 0 Å². The minimum atomic E-state index is 0.196. The topological polar surface area (TPSA) is 50.2 Å². The molecule has 1 amide bonds. The van der Waals surface area contributed by atoms with Crippen molar-refractivity contribution < 1.29 is 4.79 Å². The predicted octanol–water partition coefficient (Wildman–Crippen LogP) is 1.49. The first-order valence-corrected chi connectivity index (χ1v) is 8.20. The van der Waals surface area contributed by atoms with Crippen molar-refractivity contribution >= 4 is 16.8 Å². The van der Waals surface area contributed by atoms with Crippen LogP contribution in [0.5, 0.6) is 0 Å². The van der Waals surface area contributed by atoms with Crippen molar-refractivity contribution in [3.8, 4) is 0 Å². The van der Waals surface area contributed by atoms with Crippen molar-refractivity contribution in [2.75, 3.05) is 26.2 Å². The first-order valence-electron chi connectivity index (χ1n) is 8.20. The lowest BCUT2D eigenvalue weighted by atomic mass is 9.92. The summed E-state index contributed by atoms with van der Waals surface area (Å²) >= 11 is 0. The predicted molar refractivity (Wildman–Crippen MR) is 85.4 cm³/mol. The zero-order valence-electron chi connectivity index (χ0n) is 12.7. The molecule has 5 heteroatoms. The van der Waals surface area contributed by atoms with Gasteiger partial charge in [-0.15, -0.1) is 0 Å². The van der Waals surface area contributed by atoms with Crippen molar-refractivity contribution in [2.45, 2.75) is 19.4 Å². The van der Waals surface area contributed by atoms with Crippen LogP contribution in [-0.4, -0.2) is 46.8 Å². The highest BCUT2D eigenvalue weighted by atomic mass is 16.2. The summed E-state index contributed by atoms with van der Waals surface area (Å²) in [6.45, 7) is 4.37. The van der Waals surface area contributed by atoms with E-state index in [9.17, 15) is 4.79 Å². The number of fused-ring (bicyclic) bond motifs is 2. The Hall–Kier alpha value is -1.88. The fourth-order valence-corrected chi connectivity index (χ4v) is 3.85. The van der Waals surface area contributed by atoms with Crippen LogP contribution in [0.4, 0.5) is 0 Å². The van der Waals surface area contributed by atoms with Crippen LogP contribution >= 0.6 is 0 Å². The molecular weight excluding hydrogens is 276 g/mol. The smallest absolute Gasteiger partial charge is 0.244 e. The van der Waals surface area contributed by atoms with Crippen LogP contribution in [-0.2, 0) is 11.3 Å². The van der Waals surface area contributed by atoms with Crippen LogP contribution in [0, 0.1) is 11.8 Å². The number of likely N-dealkylation sites (tertiary alicyclic amines) is 1. The fraction of sp³-hybridized carbons (Fsp3) is 0.529. The van der Waals surface area contributed by atoms with E-state index in [0.29, 0.717) is 6.54 Å². The fourth-order valence-electron chi connectivity index (χ4n) is 3.85. The van der Waals surface area contributed by atoms with Gasteiger partial charge >= 0.3 is 0 Å². The summed E-state index contributed by atoms with van der Waals surface area (Å²) in [7, 11) is 0. The maximum Gasteiger partial charge on any atom is 0.244 e. The van der Waals surface area contributed by atoms with Gasteiger partial charge in [0.1, 0.15) is 6.54 Å². The third-order valence-electron chi connectivity index (χ3n) is 5.21. The van der Waals surface area contributed by atoms with E-state index >= 15 is 0 Å². The largest absolute Gasteiger partial charge is 0.341 e. The number of hydrogen-bond acceptors (Lipinski definition) is 3. The second kappa shape index (κ2) is 5.72. The summed E-state index contributed by atoms with van der Waals surface area (Å²) in [5.41, 5.74) is 1.03. The molecule has 1 aromatic carbocycles. The highest BCUT2D eigenvalue weighted by Gasteiger charge is 2.31. The Kier molecular flexibility index (Phi) is 3.58. The molecule has 2 fully saturated rings. The molecule has 2 saturated heterocycles. The summed E-state index contributed by atoms with van der Waals surface area (Å²) in [6.07, 6.45) is 4.09. The average molecular weight is 298 g/mol. The molecule has 3 heterocycles. The average Bonchev–Trinajstić information content (AvgIpc) is 3.10. The van der Waals surface area contributed by atoms with Crippen LogP contribution in [0.1, 0.15) is 12.8 Å². The lowest BCUT2D eigenvalue weighted by Gasteiger charge is -2.21. The number of benzene rings is 1. The number of hydrogen-bond donors (Lipinski definition) is 1. The van der Waals surface area contributed by atoms with Crippen LogP contribution in [0.2, 0.25) is 0 Å². The van der Waals surface area contributed by atoms with Gasteiger partial charge in [0, 0.05) is 18.5 Å². The normalized spacial score (nSPS) is 25.2. The van der Waals surface area contributed by atoms with Crippen molar-refractivity contribution in [1.29, 1.82) is 0 Å². The molecule has 0 spiro atoms. The maximum absolute atomic E-state index is 12.6. The highest BCUT2D eigenvalue weighted by Crippen LogP contribution is 2.27. The Balaban J connectivity index is 1.45. The Bertz CT molecular complexity index is 666. The molecule has 22 heavy (non-hydrogen) atoms. The number of nitrogens with one attached hydrogen (secondary N) is 1. The van der Waals surface area contributed by atoms with E-state index in [-0.39, 0.29) is 5.91 Å². The van der Waals surface area contributed by atoms with E-state index in [1.54, 1.807) is 0 Å². The molecule has 0 unspecified atom stereocenters. The van der Waals surface area contributed by atoms with Crippen LogP contribution in [0.15, 0.2) is 30.5 Å². The summed E-state index contributed by atoms with van der Waals surface area (Å²) in [4.78, 5) is 14.7. The van der Waals surface area contributed by atoms with Gasteiger partial charge in [-0.2, -0.15) is 5.10 Å². The second-order valence-electron chi connectivity index (χ2n) is 6.50. The Morgan fingerprint density at radius 2 is 1.91 bits per heavy atom. The highest BCUT2D eigenvalue weighted by molar-refractivity contribution is 5.82. The van der Waals surface area contributed by atoms with Gasteiger partial charge in [0.15, 0.2) is 0 Å². The molecule has 1 aromatic heterocycles. The number of carbonyl (C=O) groups is 1. The van der Waals surface area contributed by atoms with E-state index in [1.165, 1.54) is 0 Å². The van der Waals surface area contributed by atoms with Gasteiger partial charge in [-0.05, 0) is 43.8 Å².